The lowest BCUT2D eigenvalue weighted by Crippen LogP contribution is -2.46. The summed E-state index contributed by atoms with van der Waals surface area (Å²) in [5, 5.41) is 17.9. The number of nitrogens with zero attached hydrogens (tertiary/aromatic N) is 3. The zero-order valence-corrected chi connectivity index (χ0v) is 38.1. The summed E-state index contributed by atoms with van der Waals surface area (Å²) < 4.78 is 16.1. The van der Waals surface area contributed by atoms with E-state index in [9.17, 15) is 0 Å². The van der Waals surface area contributed by atoms with Gasteiger partial charge >= 0.3 is 0 Å². The van der Waals surface area contributed by atoms with Crippen molar-refractivity contribution in [1.29, 1.82) is 0 Å². The molecule has 0 bridgehead atoms. The monoisotopic (exact) mass is 898 g/mol. The molecule has 0 radical (unpaired) electrons. The van der Waals surface area contributed by atoms with Crippen LogP contribution in [0.5, 0.6) is 0 Å². The Labute approximate surface area is 401 Å². The fourth-order valence-electron chi connectivity index (χ4n) is 11.5. The van der Waals surface area contributed by atoms with Crippen LogP contribution in [0.25, 0.3) is 115 Å². The van der Waals surface area contributed by atoms with Crippen molar-refractivity contribution < 1.29 is 8.83 Å². The van der Waals surface area contributed by atoms with Gasteiger partial charge in [0.05, 0.1) is 11.0 Å². The Morgan fingerprint density at radius 1 is 0.443 bits per heavy atom. The molecule has 6 nitrogen and oxygen atoms in total. The molecule has 11 aromatic carbocycles. The van der Waals surface area contributed by atoms with Gasteiger partial charge in [-0.3, -0.25) is 4.90 Å². The number of hydrogen-bond donors (Lipinski definition) is 1. The van der Waals surface area contributed by atoms with Gasteiger partial charge in [-0.1, -0.05) is 170 Å². The van der Waals surface area contributed by atoms with Gasteiger partial charge in [0.1, 0.15) is 40.5 Å². The quantitative estimate of drug-likeness (QED) is 0.187. The number of aliphatic imine (C=N–C) groups is 1. The number of hydrogen-bond acceptors (Lipinski definition) is 5. The van der Waals surface area contributed by atoms with Crippen LogP contribution in [0.3, 0.4) is 0 Å². The van der Waals surface area contributed by atoms with Gasteiger partial charge in [0.15, 0.2) is 0 Å². The van der Waals surface area contributed by atoms with Crippen molar-refractivity contribution in [3.63, 3.8) is 0 Å². The van der Waals surface area contributed by atoms with Crippen LogP contribution >= 0.6 is 0 Å². The molecule has 3 aromatic heterocycles. The molecule has 6 heteroatoms. The molecule has 330 valence electrons. The van der Waals surface area contributed by atoms with E-state index in [1.807, 2.05) is 12.1 Å². The second-order valence-electron chi connectivity index (χ2n) is 18.8. The average Bonchev–Trinajstić information content (AvgIpc) is 4.10. The zero-order valence-electron chi connectivity index (χ0n) is 38.1. The molecular formula is C64H42N4O2. The SMILES string of the molecule is CN1C(c2ccc3c(c2)oc2ccccc23)N=C(c2ccc(-c3ccccc3)cc2)NC1c1cc2ccccc2c2c1oc1ccc(-n3c4cc5ccccc5cc4c4ccc5ccccc5c43)cc12. The van der Waals surface area contributed by atoms with E-state index in [0.29, 0.717) is 0 Å². The second kappa shape index (κ2) is 15.0. The molecule has 0 saturated carbocycles. The highest BCUT2D eigenvalue weighted by molar-refractivity contribution is 6.23. The van der Waals surface area contributed by atoms with Crippen LogP contribution in [-0.4, -0.2) is 22.4 Å². The van der Waals surface area contributed by atoms with Crippen LogP contribution in [0.1, 0.15) is 29.0 Å². The highest BCUT2D eigenvalue weighted by Gasteiger charge is 2.34. The molecule has 4 heterocycles. The van der Waals surface area contributed by atoms with Crippen molar-refractivity contribution in [3.05, 3.63) is 235 Å². The van der Waals surface area contributed by atoms with Crippen LogP contribution in [0.4, 0.5) is 0 Å². The second-order valence-corrected chi connectivity index (χ2v) is 18.8. The average molecular weight is 899 g/mol. The Hall–Kier alpha value is -8.97. The first-order chi connectivity index (χ1) is 34.6. The summed E-state index contributed by atoms with van der Waals surface area (Å²) in [4.78, 5) is 7.83. The zero-order chi connectivity index (χ0) is 46.0. The summed E-state index contributed by atoms with van der Waals surface area (Å²) in [6.45, 7) is 0. The van der Waals surface area contributed by atoms with E-state index in [4.69, 9.17) is 13.8 Å². The molecule has 70 heavy (non-hydrogen) atoms. The molecule has 2 unspecified atom stereocenters. The smallest absolute Gasteiger partial charge is 0.142 e. The van der Waals surface area contributed by atoms with Crippen LogP contribution in [0.15, 0.2) is 232 Å². The number of furan rings is 2. The van der Waals surface area contributed by atoms with E-state index in [1.165, 1.54) is 48.9 Å². The molecule has 15 rings (SSSR count). The van der Waals surface area contributed by atoms with Crippen molar-refractivity contribution in [1.82, 2.24) is 14.8 Å². The lowest BCUT2D eigenvalue weighted by atomic mass is 9.97. The third-order valence-electron chi connectivity index (χ3n) is 14.8. The molecule has 0 fully saturated rings. The van der Waals surface area contributed by atoms with Crippen LogP contribution in [0.2, 0.25) is 0 Å². The number of para-hydroxylation sites is 1. The van der Waals surface area contributed by atoms with E-state index in [-0.39, 0.29) is 12.3 Å². The number of nitrogens with one attached hydrogen (secondary N) is 1. The van der Waals surface area contributed by atoms with Gasteiger partial charge in [0.2, 0.25) is 0 Å². The van der Waals surface area contributed by atoms with E-state index in [2.05, 4.69) is 228 Å². The predicted molar refractivity (Wildman–Crippen MR) is 289 cm³/mol. The van der Waals surface area contributed by atoms with Gasteiger partial charge in [0.25, 0.3) is 0 Å². The Bertz CT molecular complexity index is 4480. The first kappa shape index (κ1) is 39.1. The third kappa shape index (κ3) is 5.87. The molecule has 0 spiro atoms. The summed E-state index contributed by atoms with van der Waals surface area (Å²) in [6.07, 6.45) is -0.687. The molecule has 1 aliphatic heterocycles. The van der Waals surface area contributed by atoms with Gasteiger partial charge < -0.3 is 18.7 Å². The maximum Gasteiger partial charge on any atom is 0.142 e. The topological polar surface area (TPSA) is 58.8 Å². The summed E-state index contributed by atoms with van der Waals surface area (Å²) >= 11 is 0. The minimum absolute atomic E-state index is 0.332. The lowest BCUT2D eigenvalue weighted by molar-refractivity contribution is 0.152. The van der Waals surface area contributed by atoms with E-state index in [1.54, 1.807) is 0 Å². The van der Waals surface area contributed by atoms with Crippen LogP contribution in [-0.2, 0) is 0 Å². The predicted octanol–water partition coefficient (Wildman–Crippen LogP) is 16.4. The number of amidine groups is 1. The van der Waals surface area contributed by atoms with E-state index >= 15 is 0 Å². The van der Waals surface area contributed by atoms with Gasteiger partial charge in [0, 0.05) is 54.5 Å². The molecule has 1 N–H and O–H groups in total. The minimum atomic E-state index is -0.355. The van der Waals surface area contributed by atoms with Gasteiger partial charge in [-0.2, -0.15) is 0 Å². The van der Waals surface area contributed by atoms with Crippen LogP contribution < -0.4 is 5.32 Å². The summed E-state index contributed by atoms with van der Waals surface area (Å²) in [7, 11) is 2.15. The Kier molecular flexibility index (Phi) is 8.38. The van der Waals surface area contributed by atoms with E-state index in [0.717, 1.165) is 88.4 Å². The first-order valence-corrected chi connectivity index (χ1v) is 24.0. The van der Waals surface area contributed by atoms with Crippen LogP contribution in [0, 0.1) is 0 Å². The van der Waals surface area contributed by atoms with Crippen molar-refractivity contribution in [2.24, 2.45) is 4.99 Å². The van der Waals surface area contributed by atoms with Gasteiger partial charge in [-0.15, -0.1) is 0 Å². The fraction of sp³-hybridized carbons (Fsp3) is 0.0469. The third-order valence-corrected chi connectivity index (χ3v) is 14.8. The minimum Gasteiger partial charge on any atom is -0.456 e. The Balaban J connectivity index is 0.937. The first-order valence-electron chi connectivity index (χ1n) is 24.0. The van der Waals surface area contributed by atoms with Gasteiger partial charge in [-0.05, 0) is 99.2 Å². The summed E-state index contributed by atoms with van der Waals surface area (Å²) in [5.74, 6) is 0.809. The number of benzene rings is 11. The number of fused-ring (bicyclic) bond motifs is 14. The molecule has 0 amide bonds. The number of rotatable bonds is 5. The summed E-state index contributed by atoms with van der Waals surface area (Å²) in [6, 6.07) is 78.4. The highest BCUT2D eigenvalue weighted by atomic mass is 16.3. The normalized spacial score (nSPS) is 15.6. The standard InChI is InChI=1S/C64H42N4O2/c1-67-63(45-28-30-50-49-21-11-12-22-56(49)69-58(50)36-45)65-62(41-25-23-39(24-26-41)38-13-3-2-4-14-38)66-64(67)54-34-44-18-8-9-19-47(44)59-53-37-46(29-32-57(53)70-61(54)59)68-55-35-43-17-6-5-16-42(43)33-52(55)51-31-27-40-15-7-10-20-48(40)60(51)68/h2-37,63-64H,1H3,(H,65,66). The molecule has 0 saturated heterocycles. The Morgan fingerprint density at radius 2 is 1.10 bits per heavy atom. The lowest BCUT2D eigenvalue weighted by Gasteiger charge is -2.39. The van der Waals surface area contributed by atoms with E-state index < -0.39 is 0 Å². The molecule has 0 aliphatic carbocycles. The Morgan fingerprint density at radius 3 is 1.94 bits per heavy atom. The van der Waals surface area contributed by atoms with Crippen molar-refractivity contribution in [2.45, 2.75) is 12.3 Å². The molecule has 1 aliphatic rings. The maximum atomic E-state index is 7.18. The summed E-state index contributed by atoms with van der Waals surface area (Å²) in [5.41, 5.74) is 12.3. The fourth-order valence-corrected chi connectivity index (χ4v) is 11.5. The molecule has 14 aromatic rings. The molecule has 2 atom stereocenters. The van der Waals surface area contributed by atoms with Gasteiger partial charge in [-0.25, -0.2) is 4.99 Å². The maximum absolute atomic E-state index is 7.18. The number of aromatic nitrogens is 1. The molecular weight excluding hydrogens is 857 g/mol. The van der Waals surface area contributed by atoms with Crippen molar-refractivity contribution in [2.75, 3.05) is 7.05 Å². The largest absolute Gasteiger partial charge is 0.456 e. The van der Waals surface area contributed by atoms with Crippen molar-refractivity contribution >= 4 is 104 Å². The highest BCUT2D eigenvalue weighted by Crippen LogP contribution is 2.45. The van der Waals surface area contributed by atoms with Crippen molar-refractivity contribution in [3.8, 4) is 16.8 Å².